The number of benzene rings is 4. The lowest BCUT2D eigenvalue weighted by Gasteiger charge is -2.13. The topological polar surface area (TPSA) is 68.5 Å². The van der Waals surface area contributed by atoms with Crippen molar-refractivity contribution in [2.75, 3.05) is 11.9 Å². The van der Waals surface area contributed by atoms with Crippen molar-refractivity contribution < 1.29 is 13.9 Å². The van der Waals surface area contributed by atoms with Crippen molar-refractivity contribution >= 4 is 33.3 Å². The smallest absolute Gasteiger partial charge is 0.262 e. The minimum Gasteiger partial charge on any atom is -0.476 e. The van der Waals surface area contributed by atoms with Crippen molar-refractivity contribution in [3.8, 4) is 17.1 Å². The highest BCUT2D eigenvalue weighted by atomic mass is 16.5. The third kappa shape index (κ3) is 4.16. The quantitative estimate of drug-likeness (QED) is 0.344. The summed E-state index contributed by atoms with van der Waals surface area (Å²) in [4.78, 5) is 26.2. The predicted molar refractivity (Wildman–Crippen MR) is 135 cm³/mol. The van der Waals surface area contributed by atoms with Gasteiger partial charge in [0.1, 0.15) is 5.58 Å². The molecule has 1 amide bonds. The maximum atomic E-state index is 13.4. The molecule has 168 valence electrons. The first-order chi connectivity index (χ1) is 16.5. The maximum Gasteiger partial charge on any atom is 0.262 e. The molecule has 1 aromatic heterocycles. The van der Waals surface area contributed by atoms with Gasteiger partial charge >= 0.3 is 0 Å². The Kier molecular flexibility index (Phi) is 5.60. The van der Waals surface area contributed by atoms with Gasteiger partial charge in [-0.2, -0.15) is 0 Å². The first-order valence-electron chi connectivity index (χ1n) is 11.0. The summed E-state index contributed by atoms with van der Waals surface area (Å²) >= 11 is 0. The highest BCUT2D eigenvalue weighted by Crippen LogP contribution is 2.31. The first-order valence-corrected chi connectivity index (χ1v) is 11.0. The second-order valence-corrected chi connectivity index (χ2v) is 8.32. The van der Waals surface area contributed by atoms with Crippen LogP contribution in [0.5, 0.6) is 5.75 Å². The minimum absolute atomic E-state index is 0.0232. The summed E-state index contributed by atoms with van der Waals surface area (Å²) < 4.78 is 11.9. The van der Waals surface area contributed by atoms with Crippen LogP contribution in [0.25, 0.3) is 33.1 Å². The molecule has 0 aliphatic rings. The lowest BCUT2D eigenvalue weighted by molar-refractivity contribution is -0.118. The predicted octanol–water partition coefficient (Wildman–Crippen LogP) is 6.25. The van der Waals surface area contributed by atoms with Crippen molar-refractivity contribution in [2.45, 2.75) is 13.8 Å². The molecule has 0 spiro atoms. The molecule has 0 radical (unpaired) electrons. The van der Waals surface area contributed by atoms with Gasteiger partial charge in [-0.05, 0) is 37.4 Å². The van der Waals surface area contributed by atoms with Gasteiger partial charge in [-0.3, -0.25) is 9.59 Å². The number of nitrogens with one attached hydrogen (secondary N) is 1. The van der Waals surface area contributed by atoms with E-state index in [0.29, 0.717) is 28.0 Å². The van der Waals surface area contributed by atoms with Crippen LogP contribution in [0, 0.1) is 13.8 Å². The number of hydrogen-bond acceptors (Lipinski definition) is 4. The Morgan fingerprint density at radius 1 is 0.853 bits per heavy atom. The van der Waals surface area contributed by atoms with Crippen LogP contribution in [0.15, 0.2) is 94.1 Å². The number of fused-ring (bicyclic) bond motifs is 2. The van der Waals surface area contributed by atoms with E-state index in [1.54, 1.807) is 12.1 Å². The average Bonchev–Trinajstić information content (AvgIpc) is 2.84. The van der Waals surface area contributed by atoms with E-state index in [0.717, 1.165) is 21.9 Å². The van der Waals surface area contributed by atoms with E-state index in [-0.39, 0.29) is 23.7 Å². The third-order valence-corrected chi connectivity index (χ3v) is 5.73. The molecule has 5 rings (SSSR count). The van der Waals surface area contributed by atoms with Crippen molar-refractivity contribution in [1.82, 2.24) is 0 Å². The molecule has 0 saturated carbocycles. The van der Waals surface area contributed by atoms with Crippen LogP contribution in [0.2, 0.25) is 0 Å². The van der Waals surface area contributed by atoms with Crippen LogP contribution < -0.4 is 15.5 Å². The fraction of sp³-hybridized carbons (Fsp3) is 0.103. The van der Waals surface area contributed by atoms with E-state index in [4.69, 9.17) is 9.15 Å². The van der Waals surface area contributed by atoms with Crippen molar-refractivity contribution in [3.05, 3.63) is 106 Å². The molecule has 5 nitrogen and oxygen atoms in total. The SMILES string of the molecule is Cc1ccc(-c2oc3ccc(C)cc3c(=O)c2OCC(=O)Nc2cccc3ccccc23)cc1. The van der Waals surface area contributed by atoms with E-state index in [2.05, 4.69) is 5.32 Å². The van der Waals surface area contributed by atoms with E-state index in [9.17, 15) is 9.59 Å². The lowest BCUT2D eigenvalue weighted by Crippen LogP contribution is -2.22. The summed E-state index contributed by atoms with van der Waals surface area (Å²) in [5, 5.41) is 5.26. The molecule has 0 aliphatic carbocycles. The Hall–Kier alpha value is -4.38. The molecule has 0 unspecified atom stereocenters. The normalized spacial score (nSPS) is 11.0. The Labute approximate surface area is 196 Å². The average molecular weight is 450 g/mol. The van der Waals surface area contributed by atoms with Crippen LogP contribution in [0.4, 0.5) is 5.69 Å². The molecule has 1 N–H and O–H groups in total. The molecule has 1 heterocycles. The summed E-state index contributed by atoms with van der Waals surface area (Å²) in [6.45, 7) is 3.56. The molecule has 0 saturated heterocycles. The molecule has 4 aromatic carbocycles. The zero-order chi connectivity index (χ0) is 23.7. The summed E-state index contributed by atoms with van der Waals surface area (Å²) in [5.41, 5.74) is 3.57. The summed E-state index contributed by atoms with van der Waals surface area (Å²) in [6, 6.07) is 26.6. The number of rotatable bonds is 5. The van der Waals surface area contributed by atoms with Crippen molar-refractivity contribution in [3.63, 3.8) is 0 Å². The number of amides is 1. The molecule has 0 aliphatic heterocycles. The van der Waals surface area contributed by atoms with Crippen LogP contribution in [0.3, 0.4) is 0 Å². The maximum absolute atomic E-state index is 13.4. The highest BCUT2D eigenvalue weighted by Gasteiger charge is 2.19. The van der Waals surface area contributed by atoms with Gasteiger partial charge in [0.15, 0.2) is 12.4 Å². The highest BCUT2D eigenvalue weighted by molar-refractivity contribution is 6.02. The Morgan fingerprint density at radius 3 is 2.41 bits per heavy atom. The molecule has 0 atom stereocenters. The second-order valence-electron chi connectivity index (χ2n) is 8.32. The van der Waals surface area contributed by atoms with Crippen LogP contribution in [-0.4, -0.2) is 12.5 Å². The molecule has 5 heteroatoms. The molecular formula is C29H23NO4. The number of carbonyl (C=O) groups is 1. The molecular weight excluding hydrogens is 426 g/mol. The van der Waals surface area contributed by atoms with Gasteiger partial charge in [0.2, 0.25) is 11.2 Å². The molecule has 34 heavy (non-hydrogen) atoms. The second kappa shape index (κ2) is 8.87. The van der Waals surface area contributed by atoms with Gasteiger partial charge in [0, 0.05) is 16.6 Å². The third-order valence-electron chi connectivity index (χ3n) is 5.73. The van der Waals surface area contributed by atoms with E-state index in [1.165, 1.54) is 0 Å². The zero-order valence-electron chi connectivity index (χ0n) is 18.9. The number of carbonyl (C=O) groups excluding carboxylic acids is 1. The Balaban J connectivity index is 1.49. The van der Waals surface area contributed by atoms with Crippen LogP contribution >= 0.6 is 0 Å². The van der Waals surface area contributed by atoms with Gasteiger partial charge in [0.25, 0.3) is 5.91 Å². The first kappa shape index (κ1) is 21.5. The largest absolute Gasteiger partial charge is 0.476 e. The zero-order valence-corrected chi connectivity index (χ0v) is 18.9. The summed E-state index contributed by atoms with van der Waals surface area (Å²) in [7, 11) is 0. The Morgan fingerprint density at radius 2 is 1.59 bits per heavy atom. The Bertz CT molecular complexity index is 1580. The summed E-state index contributed by atoms with van der Waals surface area (Å²) in [6.07, 6.45) is 0. The summed E-state index contributed by atoms with van der Waals surface area (Å²) in [5.74, 6) is -0.0377. The molecule has 5 aromatic rings. The van der Waals surface area contributed by atoms with Gasteiger partial charge in [-0.15, -0.1) is 0 Å². The fourth-order valence-corrected chi connectivity index (χ4v) is 3.98. The number of hydrogen-bond donors (Lipinski definition) is 1. The lowest BCUT2D eigenvalue weighted by atomic mass is 10.1. The van der Waals surface area contributed by atoms with Gasteiger partial charge < -0.3 is 14.5 Å². The van der Waals surface area contributed by atoms with Crippen molar-refractivity contribution in [1.29, 1.82) is 0 Å². The van der Waals surface area contributed by atoms with Gasteiger partial charge in [-0.1, -0.05) is 77.9 Å². The van der Waals surface area contributed by atoms with E-state index < -0.39 is 0 Å². The van der Waals surface area contributed by atoms with Crippen molar-refractivity contribution in [2.24, 2.45) is 0 Å². The fourth-order valence-electron chi connectivity index (χ4n) is 3.98. The van der Waals surface area contributed by atoms with E-state index >= 15 is 0 Å². The van der Waals surface area contributed by atoms with Gasteiger partial charge in [0.05, 0.1) is 5.39 Å². The standard InChI is InChI=1S/C29H23NO4/c1-18-10-13-21(14-11-18)28-29(27(32)23-16-19(2)12-15-25(23)34-28)33-17-26(31)30-24-9-5-7-20-6-3-4-8-22(20)24/h3-16H,17H2,1-2H3,(H,30,31). The molecule has 0 fully saturated rings. The number of ether oxygens (including phenoxy) is 1. The van der Waals surface area contributed by atoms with E-state index in [1.807, 2.05) is 86.6 Å². The number of aryl methyl sites for hydroxylation is 2. The monoisotopic (exact) mass is 449 g/mol. The minimum atomic E-state index is -0.366. The van der Waals surface area contributed by atoms with Crippen LogP contribution in [0.1, 0.15) is 11.1 Å². The van der Waals surface area contributed by atoms with Crippen LogP contribution in [-0.2, 0) is 4.79 Å². The number of anilines is 1. The molecule has 0 bridgehead atoms. The van der Waals surface area contributed by atoms with Gasteiger partial charge in [-0.25, -0.2) is 0 Å².